The van der Waals surface area contributed by atoms with Crippen LogP contribution in [0.2, 0.25) is 0 Å². The molecule has 1 amide bonds. The lowest BCUT2D eigenvalue weighted by Gasteiger charge is -2.19. The largest absolute Gasteiger partial charge is 0.492 e. The Morgan fingerprint density at radius 3 is 2.52 bits per heavy atom. The number of rotatable bonds is 8. The molecule has 9 nitrogen and oxygen atoms in total. The Bertz CT molecular complexity index is 912. The third-order valence-corrected chi connectivity index (χ3v) is 7.31. The van der Waals surface area contributed by atoms with Crippen LogP contribution in [0, 0.1) is 5.92 Å². The molecule has 1 saturated heterocycles. The van der Waals surface area contributed by atoms with Crippen LogP contribution in [0.15, 0.2) is 23.1 Å². The highest BCUT2D eigenvalue weighted by molar-refractivity contribution is 7.94. The van der Waals surface area contributed by atoms with E-state index in [9.17, 15) is 21.6 Å². The lowest BCUT2D eigenvalue weighted by atomic mass is 10.2. The van der Waals surface area contributed by atoms with Gasteiger partial charge in [0.05, 0.1) is 24.0 Å². The number of carbonyl (C=O) groups is 1. The van der Waals surface area contributed by atoms with E-state index in [4.69, 9.17) is 4.74 Å². The number of amides is 1. The van der Waals surface area contributed by atoms with Crippen molar-refractivity contribution < 1.29 is 26.4 Å². The maximum Gasteiger partial charge on any atom is 0.244 e. The number of anilines is 1. The summed E-state index contributed by atoms with van der Waals surface area (Å²) >= 11 is 0. The van der Waals surface area contributed by atoms with Crippen LogP contribution < -0.4 is 13.8 Å². The van der Waals surface area contributed by atoms with E-state index in [1.54, 1.807) is 6.92 Å². The zero-order chi connectivity index (χ0) is 20.4. The van der Waals surface area contributed by atoms with Crippen molar-refractivity contribution >= 4 is 31.6 Å². The van der Waals surface area contributed by atoms with E-state index < -0.39 is 31.9 Å². The summed E-state index contributed by atoms with van der Waals surface area (Å²) in [7, 11) is -4.17. The highest BCUT2D eigenvalue weighted by Crippen LogP contribution is 2.33. The number of sulfonamides is 2. The van der Waals surface area contributed by atoms with E-state index in [1.165, 1.54) is 19.1 Å². The number of benzene rings is 1. The van der Waals surface area contributed by atoms with Crippen LogP contribution in [0.1, 0.15) is 13.8 Å². The van der Waals surface area contributed by atoms with Crippen LogP contribution in [-0.2, 0) is 24.8 Å². The zero-order valence-electron chi connectivity index (χ0n) is 15.8. The molecule has 1 N–H and O–H groups in total. The Morgan fingerprint density at radius 2 is 2.00 bits per heavy atom. The van der Waals surface area contributed by atoms with Crippen molar-refractivity contribution in [3.8, 4) is 5.75 Å². The van der Waals surface area contributed by atoms with Gasteiger partial charge in [-0.15, -0.1) is 0 Å². The standard InChI is InChI=1S/C16H25N3O6S2/c1-5-25-14-7-6-13(19-16(20)12(2)11-26(19,21)22)10-15(14)27(23,24)17-8-9-18(3)4/h6-7,10,12,17H,5,8-9,11H2,1-4H3. The molecule has 1 aromatic rings. The number of carbonyl (C=O) groups excluding carboxylic acids is 1. The van der Waals surface area contributed by atoms with Gasteiger partial charge in [0.15, 0.2) is 0 Å². The van der Waals surface area contributed by atoms with E-state index in [0.29, 0.717) is 10.8 Å². The molecule has 0 aromatic heterocycles. The van der Waals surface area contributed by atoms with E-state index in [2.05, 4.69) is 4.72 Å². The maximum absolute atomic E-state index is 12.7. The SMILES string of the molecule is CCOc1ccc(N2C(=O)C(C)CS2(=O)=O)cc1S(=O)(=O)NCCN(C)C. The van der Waals surface area contributed by atoms with Gasteiger partial charge < -0.3 is 9.64 Å². The molecule has 152 valence electrons. The number of hydrogen-bond acceptors (Lipinski definition) is 7. The minimum Gasteiger partial charge on any atom is -0.492 e. The molecular formula is C16H25N3O6S2. The van der Waals surface area contributed by atoms with Gasteiger partial charge in [0, 0.05) is 13.1 Å². The summed E-state index contributed by atoms with van der Waals surface area (Å²) in [5.74, 6) is -1.47. The number of nitrogens with one attached hydrogen (secondary N) is 1. The Kier molecular flexibility index (Phi) is 6.51. The molecule has 0 aliphatic carbocycles. The average Bonchev–Trinajstić information content (AvgIpc) is 2.75. The van der Waals surface area contributed by atoms with Crippen LogP contribution in [0.4, 0.5) is 5.69 Å². The van der Waals surface area contributed by atoms with Gasteiger partial charge in [-0.2, -0.15) is 0 Å². The molecule has 0 spiro atoms. The van der Waals surface area contributed by atoms with Crippen molar-refractivity contribution in [3.05, 3.63) is 18.2 Å². The molecule has 0 saturated carbocycles. The van der Waals surface area contributed by atoms with Gasteiger partial charge in [0.2, 0.25) is 26.0 Å². The summed E-state index contributed by atoms with van der Waals surface area (Å²) in [6, 6.07) is 3.90. The first-order chi connectivity index (χ1) is 12.5. The van der Waals surface area contributed by atoms with Gasteiger partial charge in [-0.1, -0.05) is 6.92 Å². The highest BCUT2D eigenvalue weighted by Gasteiger charge is 2.42. The van der Waals surface area contributed by atoms with Crippen molar-refractivity contribution in [2.75, 3.05) is 43.8 Å². The fraction of sp³-hybridized carbons (Fsp3) is 0.562. The van der Waals surface area contributed by atoms with E-state index in [1.807, 2.05) is 19.0 Å². The monoisotopic (exact) mass is 419 g/mol. The van der Waals surface area contributed by atoms with E-state index in [-0.39, 0.29) is 35.2 Å². The molecule has 0 bridgehead atoms. The molecule has 1 fully saturated rings. The van der Waals surface area contributed by atoms with Crippen LogP contribution >= 0.6 is 0 Å². The Morgan fingerprint density at radius 1 is 1.33 bits per heavy atom. The normalized spacial score (nSPS) is 19.7. The van der Waals surface area contributed by atoms with Crippen LogP contribution in [-0.4, -0.2) is 67.2 Å². The molecule has 27 heavy (non-hydrogen) atoms. The average molecular weight is 420 g/mol. The molecule has 1 aliphatic rings. The summed E-state index contributed by atoms with van der Waals surface area (Å²) in [5.41, 5.74) is -0.0132. The summed E-state index contributed by atoms with van der Waals surface area (Å²) in [4.78, 5) is 13.9. The summed E-state index contributed by atoms with van der Waals surface area (Å²) < 4.78 is 58.6. The first-order valence-electron chi connectivity index (χ1n) is 8.47. The van der Waals surface area contributed by atoms with Gasteiger partial charge in [-0.3, -0.25) is 4.79 Å². The number of ether oxygens (including phenoxy) is 1. The van der Waals surface area contributed by atoms with Gasteiger partial charge in [-0.25, -0.2) is 25.9 Å². The van der Waals surface area contributed by atoms with Crippen molar-refractivity contribution in [1.82, 2.24) is 9.62 Å². The van der Waals surface area contributed by atoms with Crippen molar-refractivity contribution in [2.45, 2.75) is 18.7 Å². The van der Waals surface area contributed by atoms with Crippen LogP contribution in [0.5, 0.6) is 5.75 Å². The van der Waals surface area contributed by atoms with Crippen LogP contribution in [0.3, 0.4) is 0 Å². The lowest BCUT2D eigenvalue weighted by molar-refractivity contribution is -0.119. The predicted octanol–water partition coefficient (Wildman–Crippen LogP) is 0.238. The third-order valence-electron chi connectivity index (χ3n) is 3.96. The van der Waals surface area contributed by atoms with Crippen molar-refractivity contribution in [3.63, 3.8) is 0 Å². The van der Waals surface area contributed by atoms with Crippen molar-refractivity contribution in [1.29, 1.82) is 0 Å². The second kappa shape index (κ2) is 8.13. The minimum atomic E-state index is -3.96. The predicted molar refractivity (Wildman–Crippen MR) is 102 cm³/mol. The Labute approximate surface area is 160 Å². The molecule has 1 aliphatic heterocycles. The Hall–Kier alpha value is -1.69. The van der Waals surface area contributed by atoms with Crippen LogP contribution in [0.25, 0.3) is 0 Å². The molecule has 1 heterocycles. The van der Waals surface area contributed by atoms with Gasteiger partial charge in [0.1, 0.15) is 10.6 Å². The highest BCUT2D eigenvalue weighted by atomic mass is 32.2. The fourth-order valence-electron chi connectivity index (χ4n) is 2.68. The number of likely N-dealkylation sites (N-methyl/N-ethyl adjacent to an activating group) is 1. The zero-order valence-corrected chi connectivity index (χ0v) is 17.4. The molecule has 1 unspecified atom stereocenters. The first kappa shape index (κ1) is 21.6. The summed E-state index contributed by atoms with van der Waals surface area (Å²) in [5, 5.41) is 0. The minimum absolute atomic E-state index is 0.0132. The second-order valence-corrected chi connectivity index (χ2v) is 10.1. The molecule has 2 rings (SSSR count). The molecule has 0 radical (unpaired) electrons. The third kappa shape index (κ3) is 4.78. The van der Waals surface area contributed by atoms with Gasteiger partial charge in [-0.05, 0) is 39.2 Å². The molecule has 1 atom stereocenters. The van der Waals surface area contributed by atoms with Gasteiger partial charge >= 0.3 is 0 Å². The van der Waals surface area contributed by atoms with E-state index in [0.717, 1.165) is 6.07 Å². The molecule has 1 aromatic carbocycles. The topological polar surface area (TPSA) is 113 Å². The number of hydrogen-bond donors (Lipinski definition) is 1. The summed E-state index contributed by atoms with van der Waals surface area (Å²) in [6.07, 6.45) is 0. The lowest BCUT2D eigenvalue weighted by Crippen LogP contribution is -2.33. The quantitative estimate of drug-likeness (QED) is 0.642. The first-order valence-corrected chi connectivity index (χ1v) is 11.6. The smallest absolute Gasteiger partial charge is 0.244 e. The number of nitrogens with zero attached hydrogens (tertiary/aromatic N) is 2. The Balaban J connectivity index is 2.47. The van der Waals surface area contributed by atoms with E-state index >= 15 is 0 Å². The molecular weight excluding hydrogens is 394 g/mol. The molecule has 11 heteroatoms. The summed E-state index contributed by atoms with van der Waals surface area (Å²) in [6.45, 7) is 4.12. The van der Waals surface area contributed by atoms with Crippen molar-refractivity contribution in [2.24, 2.45) is 5.92 Å². The fourth-order valence-corrected chi connectivity index (χ4v) is 5.67. The second-order valence-electron chi connectivity index (χ2n) is 6.55. The van der Waals surface area contributed by atoms with Gasteiger partial charge in [0.25, 0.3) is 0 Å². The maximum atomic E-state index is 12.7.